The monoisotopic (exact) mass is 284 g/mol. The smallest absolute Gasteiger partial charge is 0.0921 e. The van der Waals surface area contributed by atoms with Crippen LogP contribution in [0.15, 0.2) is 36.5 Å². The van der Waals surface area contributed by atoms with Crippen LogP contribution in [0.1, 0.15) is 32.3 Å². The van der Waals surface area contributed by atoms with Crippen LogP contribution in [0, 0.1) is 5.92 Å². The van der Waals surface area contributed by atoms with Gasteiger partial charge in [-0.05, 0) is 36.5 Å². The van der Waals surface area contributed by atoms with Crippen molar-refractivity contribution >= 4 is 10.9 Å². The van der Waals surface area contributed by atoms with Crippen molar-refractivity contribution in [1.82, 2.24) is 9.88 Å². The molecule has 3 heteroatoms. The molecule has 0 bridgehead atoms. The summed E-state index contributed by atoms with van der Waals surface area (Å²) in [7, 11) is 0. The molecule has 0 spiro atoms. The van der Waals surface area contributed by atoms with Crippen LogP contribution in [-0.2, 0) is 5.60 Å². The maximum absolute atomic E-state index is 11.0. The molecule has 112 valence electrons. The Balaban J connectivity index is 1.79. The maximum Gasteiger partial charge on any atom is 0.0921 e. The summed E-state index contributed by atoms with van der Waals surface area (Å²) in [4.78, 5) is 6.86. The second-order valence-electron chi connectivity index (χ2n) is 6.64. The average molecular weight is 284 g/mol. The lowest BCUT2D eigenvalue weighted by Crippen LogP contribution is -2.43. The number of aromatic nitrogens is 1. The first kappa shape index (κ1) is 14.5. The van der Waals surface area contributed by atoms with Crippen LogP contribution in [-0.4, -0.2) is 34.6 Å². The van der Waals surface area contributed by atoms with Gasteiger partial charge >= 0.3 is 0 Å². The van der Waals surface area contributed by atoms with Gasteiger partial charge < -0.3 is 10.0 Å². The van der Waals surface area contributed by atoms with Crippen molar-refractivity contribution in [2.45, 2.75) is 32.3 Å². The minimum absolute atomic E-state index is 0.682. The molecule has 1 aromatic heterocycles. The Hall–Kier alpha value is -1.45. The molecule has 1 N–H and O–H groups in total. The third-order valence-electron chi connectivity index (χ3n) is 4.45. The summed E-state index contributed by atoms with van der Waals surface area (Å²) in [6.07, 6.45) is 3.41. The minimum atomic E-state index is -0.695. The van der Waals surface area contributed by atoms with E-state index in [2.05, 4.69) is 41.9 Å². The molecule has 0 aliphatic carbocycles. The second kappa shape index (κ2) is 5.74. The number of aliphatic hydroxyl groups is 1. The lowest BCUT2D eigenvalue weighted by atomic mass is 9.84. The van der Waals surface area contributed by atoms with E-state index >= 15 is 0 Å². The number of piperidine rings is 1. The van der Waals surface area contributed by atoms with Crippen LogP contribution in [0.5, 0.6) is 0 Å². The molecule has 21 heavy (non-hydrogen) atoms. The molecule has 1 fully saturated rings. The van der Waals surface area contributed by atoms with Gasteiger partial charge in [0, 0.05) is 31.2 Å². The van der Waals surface area contributed by atoms with Crippen molar-refractivity contribution in [3.8, 4) is 0 Å². The molecule has 1 aromatic carbocycles. The Bertz CT molecular complexity index is 615. The lowest BCUT2D eigenvalue weighted by molar-refractivity contribution is -0.0278. The summed E-state index contributed by atoms with van der Waals surface area (Å²) in [5.41, 5.74) is 1.28. The molecular formula is C18H24N2O. The number of rotatable bonds is 3. The molecule has 0 saturated carbocycles. The van der Waals surface area contributed by atoms with E-state index in [4.69, 9.17) is 0 Å². The summed E-state index contributed by atoms with van der Waals surface area (Å²) >= 11 is 0. The van der Waals surface area contributed by atoms with Gasteiger partial charge in [-0.3, -0.25) is 4.98 Å². The van der Waals surface area contributed by atoms with Crippen molar-refractivity contribution < 1.29 is 5.11 Å². The van der Waals surface area contributed by atoms with Crippen molar-refractivity contribution in [2.24, 2.45) is 5.92 Å². The van der Waals surface area contributed by atoms with Crippen LogP contribution in [0.3, 0.4) is 0 Å². The van der Waals surface area contributed by atoms with Crippen LogP contribution in [0.25, 0.3) is 10.9 Å². The predicted molar refractivity (Wildman–Crippen MR) is 86.2 cm³/mol. The van der Waals surface area contributed by atoms with E-state index in [1.54, 1.807) is 6.20 Å². The third kappa shape index (κ3) is 3.09. The second-order valence-corrected chi connectivity index (χ2v) is 6.64. The number of pyridine rings is 1. The summed E-state index contributed by atoms with van der Waals surface area (Å²) < 4.78 is 0. The number of hydrogen-bond donors (Lipinski definition) is 1. The molecule has 0 unspecified atom stereocenters. The first-order chi connectivity index (χ1) is 10.1. The molecule has 0 atom stereocenters. The zero-order valence-electron chi connectivity index (χ0n) is 12.9. The van der Waals surface area contributed by atoms with Crippen molar-refractivity contribution in [1.29, 1.82) is 0 Å². The number of nitrogens with zero attached hydrogens (tertiary/aromatic N) is 2. The van der Waals surface area contributed by atoms with Crippen molar-refractivity contribution in [2.75, 3.05) is 19.6 Å². The molecule has 0 amide bonds. The molecule has 3 rings (SSSR count). The normalized spacial score (nSPS) is 19.2. The van der Waals surface area contributed by atoms with Crippen LogP contribution >= 0.6 is 0 Å². The minimum Gasteiger partial charge on any atom is -0.385 e. The summed E-state index contributed by atoms with van der Waals surface area (Å²) in [6.45, 7) is 7.55. The number of fused-ring (bicyclic) bond motifs is 1. The Kier molecular flexibility index (Phi) is 3.96. The Morgan fingerprint density at radius 2 is 2.00 bits per heavy atom. The standard InChI is InChI=1S/C18H24N2O/c1-14(2)13-20-10-7-18(21,8-11-20)16-6-5-15-4-3-9-19-17(15)12-16/h3-6,9,12,14,21H,7-8,10-11,13H2,1-2H3. The van der Waals surface area contributed by atoms with Gasteiger partial charge in [-0.2, -0.15) is 0 Å². The van der Waals surface area contributed by atoms with Gasteiger partial charge in [0.25, 0.3) is 0 Å². The maximum atomic E-state index is 11.0. The zero-order chi connectivity index (χ0) is 14.9. The van der Waals surface area contributed by atoms with E-state index in [-0.39, 0.29) is 0 Å². The molecule has 2 heterocycles. The highest BCUT2D eigenvalue weighted by molar-refractivity contribution is 5.79. The Morgan fingerprint density at radius 3 is 2.71 bits per heavy atom. The molecule has 2 aromatic rings. The zero-order valence-corrected chi connectivity index (χ0v) is 12.9. The van der Waals surface area contributed by atoms with Gasteiger partial charge in [0.1, 0.15) is 0 Å². The topological polar surface area (TPSA) is 36.4 Å². The number of hydrogen-bond acceptors (Lipinski definition) is 3. The summed E-state index contributed by atoms with van der Waals surface area (Å²) in [6, 6.07) is 10.2. The van der Waals surface area contributed by atoms with E-state index < -0.39 is 5.60 Å². The fourth-order valence-electron chi connectivity index (χ4n) is 3.27. The molecule has 1 saturated heterocycles. The van der Waals surface area contributed by atoms with Gasteiger partial charge in [0.05, 0.1) is 11.1 Å². The van der Waals surface area contributed by atoms with E-state index in [1.165, 1.54) is 0 Å². The van der Waals surface area contributed by atoms with Gasteiger partial charge in [-0.25, -0.2) is 0 Å². The average Bonchev–Trinajstić information content (AvgIpc) is 2.49. The first-order valence-electron chi connectivity index (χ1n) is 7.87. The highest BCUT2D eigenvalue weighted by atomic mass is 16.3. The fourth-order valence-corrected chi connectivity index (χ4v) is 3.27. The Labute approximate surface area is 126 Å². The molecule has 1 aliphatic heterocycles. The van der Waals surface area contributed by atoms with Gasteiger partial charge in [-0.15, -0.1) is 0 Å². The highest BCUT2D eigenvalue weighted by Gasteiger charge is 2.34. The van der Waals surface area contributed by atoms with E-state index in [0.717, 1.165) is 48.9 Å². The van der Waals surface area contributed by atoms with Crippen LogP contribution < -0.4 is 0 Å². The summed E-state index contributed by atoms with van der Waals surface area (Å²) in [5, 5.41) is 12.1. The first-order valence-corrected chi connectivity index (χ1v) is 7.87. The highest BCUT2D eigenvalue weighted by Crippen LogP contribution is 2.34. The Morgan fingerprint density at radius 1 is 1.24 bits per heavy atom. The SMILES string of the molecule is CC(C)CN1CCC(O)(c2ccc3cccnc3c2)CC1. The van der Waals surface area contributed by atoms with E-state index in [9.17, 15) is 5.11 Å². The largest absolute Gasteiger partial charge is 0.385 e. The molecule has 1 aliphatic rings. The molecule has 0 radical (unpaired) electrons. The quantitative estimate of drug-likeness (QED) is 0.940. The van der Waals surface area contributed by atoms with Crippen molar-refractivity contribution in [3.63, 3.8) is 0 Å². The van der Waals surface area contributed by atoms with Gasteiger partial charge in [0.2, 0.25) is 0 Å². The van der Waals surface area contributed by atoms with Crippen LogP contribution in [0.2, 0.25) is 0 Å². The number of likely N-dealkylation sites (tertiary alicyclic amines) is 1. The molecule has 3 nitrogen and oxygen atoms in total. The summed E-state index contributed by atoms with van der Waals surface area (Å²) in [5.74, 6) is 0.682. The number of benzene rings is 1. The lowest BCUT2D eigenvalue weighted by Gasteiger charge is -2.39. The third-order valence-corrected chi connectivity index (χ3v) is 4.45. The van der Waals surface area contributed by atoms with E-state index in [0.29, 0.717) is 5.92 Å². The van der Waals surface area contributed by atoms with E-state index in [1.807, 2.05) is 12.1 Å². The molecular weight excluding hydrogens is 260 g/mol. The predicted octanol–water partition coefficient (Wildman–Crippen LogP) is 3.17. The fraction of sp³-hybridized carbons (Fsp3) is 0.500. The van der Waals surface area contributed by atoms with Crippen LogP contribution in [0.4, 0.5) is 0 Å². The van der Waals surface area contributed by atoms with Crippen molar-refractivity contribution in [3.05, 3.63) is 42.1 Å². The van der Waals surface area contributed by atoms with Gasteiger partial charge in [0.15, 0.2) is 0 Å². The van der Waals surface area contributed by atoms with Gasteiger partial charge in [-0.1, -0.05) is 32.0 Å².